The number of nitrogens with zero attached hydrogens (tertiary/aromatic N) is 1. The molecule has 0 saturated heterocycles. The average molecular weight is 584 g/mol. The Kier molecular flexibility index (Phi) is 6.31. The molecule has 0 heterocycles. The van der Waals surface area contributed by atoms with Crippen LogP contribution in [0.1, 0.15) is 0 Å². The van der Waals surface area contributed by atoms with Gasteiger partial charge in [0, 0.05) is 22.1 Å². The van der Waals surface area contributed by atoms with Crippen LogP contribution in [0.15, 0.2) is 182 Å². The molecule has 0 aliphatic heterocycles. The molecule has 0 aliphatic carbocycles. The highest BCUT2D eigenvalue weighted by atomic mass is 15.1. The second-order valence-electron chi connectivity index (χ2n) is 12.1. The molecule has 0 unspecified atom stereocenters. The van der Waals surface area contributed by atoms with E-state index in [1.165, 1.54) is 65.2 Å². The third kappa shape index (κ3) is 4.18. The smallest absolute Gasteiger partial charge is 0.241 e. The molecule has 214 valence electrons. The first kappa shape index (κ1) is 26.5. The minimum absolute atomic E-state index is 0.114. The molecule has 0 fully saturated rings. The second-order valence-corrected chi connectivity index (χ2v) is 12.1. The molecule has 0 aliphatic rings. The van der Waals surface area contributed by atoms with Crippen LogP contribution >= 0.6 is 0 Å². The molecule has 0 bridgehead atoms. The molecule has 9 rings (SSSR count). The third-order valence-electron chi connectivity index (χ3n) is 9.51. The van der Waals surface area contributed by atoms with Crippen molar-refractivity contribution in [2.75, 3.05) is 4.90 Å². The molecule has 0 amide bonds. The van der Waals surface area contributed by atoms with Gasteiger partial charge in [0.1, 0.15) is 0 Å². The van der Waals surface area contributed by atoms with E-state index in [9.17, 15) is 0 Å². The maximum Gasteiger partial charge on any atom is 0.241 e. The molecular formula is C44H30BN. The maximum atomic E-state index is 2.41. The van der Waals surface area contributed by atoms with Gasteiger partial charge < -0.3 is 4.90 Å². The molecule has 0 atom stereocenters. The van der Waals surface area contributed by atoms with E-state index in [2.05, 4.69) is 187 Å². The molecule has 9 aromatic rings. The molecule has 2 heteroatoms. The van der Waals surface area contributed by atoms with Crippen molar-refractivity contribution in [1.29, 1.82) is 0 Å². The first-order chi connectivity index (χ1) is 22.9. The summed E-state index contributed by atoms with van der Waals surface area (Å²) in [5.41, 5.74) is 7.39. The highest BCUT2D eigenvalue weighted by Gasteiger charge is 2.26. The number of anilines is 3. The molecule has 0 N–H and O–H groups in total. The summed E-state index contributed by atoms with van der Waals surface area (Å²) < 4.78 is 0. The Bertz CT molecular complexity index is 2380. The summed E-state index contributed by atoms with van der Waals surface area (Å²) in [6.45, 7) is 0.114. The highest BCUT2D eigenvalue weighted by molar-refractivity contribution is 6.97. The Morgan fingerprint density at radius 1 is 0.326 bits per heavy atom. The van der Waals surface area contributed by atoms with Gasteiger partial charge in [0.15, 0.2) is 0 Å². The highest BCUT2D eigenvalue weighted by Crippen LogP contribution is 2.47. The minimum Gasteiger partial charge on any atom is -0.310 e. The van der Waals surface area contributed by atoms with Gasteiger partial charge in [-0.3, -0.25) is 0 Å². The van der Waals surface area contributed by atoms with Crippen LogP contribution in [0.25, 0.3) is 43.1 Å². The van der Waals surface area contributed by atoms with Gasteiger partial charge in [0.2, 0.25) is 6.71 Å². The first-order valence-electron chi connectivity index (χ1n) is 16.0. The lowest BCUT2D eigenvalue weighted by atomic mass is 9.36. The molecule has 0 aromatic heterocycles. The minimum atomic E-state index is 0.114. The zero-order valence-electron chi connectivity index (χ0n) is 25.3. The second kappa shape index (κ2) is 10.9. The number of rotatable bonds is 6. The lowest BCUT2D eigenvalue weighted by Crippen LogP contribution is -2.52. The van der Waals surface area contributed by atoms with E-state index in [0.717, 1.165) is 11.4 Å². The van der Waals surface area contributed by atoms with Crippen LogP contribution in [-0.2, 0) is 0 Å². The number of hydrogen-bond acceptors (Lipinski definition) is 1. The van der Waals surface area contributed by atoms with Gasteiger partial charge in [-0.1, -0.05) is 168 Å². The summed E-state index contributed by atoms with van der Waals surface area (Å²) in [5, 5.41) is 10.4. The van der Waals surface area contributed by atoms with Crippen LogP contribution in [0.3, 0.4) is 0 Å². The summed E-state index contributed by atoms with van der Waals surface area (Å²) in [5.74, 6) is 0. The largest absolute Gasteiger partial charge is 0.310 e. The summed E-state index contributed by atoms with van der Waals surface area (Å²) in [4.78, 5) is 2.41. The predicted molar refractivity (Wildman–Crippen MR) is 200 cm³/mol. The number of fused-ring (bicyclic) bond motifs is 3. The molecule has 0 radical (unpaired) electrons. The van der Waals surface area contributed by atoms with Gasteiger partial charge in [0.05, 0.1) is 5.69 Å². The Balaban J connectivity index is 1.42. The third-order valence-corrected chi connectivity index (χ3v) is 9.51. The van der Waals surface area contributed by atoms with E-state index in [1.807, 2.05) is 0 Å². The van der Waals surface area contributed by atoms with Gasteiger partial charge >= 0.3 is 0 Å². The number of hydrogen-bond donors (Lipinski definition) is 0. The topological polar surface area (TPSA) is 3.24 Å². The Labute approximate surface area is 269 Å². The van der Waals surface area contributed by atoms with E-state index in [1.54, 1.807) is 0 Å². The van der Waals surface area contributed by atoms with E-state index < -0.39 is 0 Å². The summed E-state index contributed by atoms with van der Waals surface area (Å²) in [6.07, 6.45) is 0. The fourth-order valence-electron chi connectivity index (χ4n) is 7.57. The SMILES string of the molecule is c1ccc(B(c2ccccc2)c2ccc3c4ccccc4c4c(N(c5ccccc5)c5ccccc5)ccc5ccc2c3c54)cc1. The van der Waals surface area contributed by atoms with E-state index in [4.69, 9.17) is 0 Å². The van der Waals surface area contributed by atoms with Crippen molar-refractivity contribution >= 4 is 83.3 Å². The van der Waals surface area contributed by atoms with Gasteiger partial charge in [0.25, 0.3) is 0 Å². The van der Waals surface area contributed by atoms with Gasteiger partial charge in [-0.05, 0) is 62.6 Å². The first-order valence-corrected chi connectivity index (χ1v) is 16.0. The molecule has 1 nitrogen and oxygen atoms in total. The molecular weight excluding hydrogens is 553 g/mol. The van der Waals surface area contributed by atoms with Crippen LogP contribution in [0.4, 0.5) is 17.1 Å². The van der Waals surface area contributed by atoms with Crippen LogP contribution in [0, 0.1) is 0 Å². The van der Waals surface area contributed by atoms with Crippen molar-refractivity contribution in [3.05, 3.63) is 182 Å². The van der Waals surface area contributed by atoms with Crippen LogP contribution in [0.2, 0.25) is 0 Å². The maximum absolute atomic E-state index is 2.41. The van der Waals surface area contributed by atoms with Gasteiger partial charge in [-0.25, -0.2) is 0 Å². The van der Waals surface area contributed by atoms with Crippen LogP contribution in [0.5, 0.6) is 0 Å². The van der Waals surface area contributed by atoms with Crippen molar-refractivity contribution in [1.82, 2.24) is 0 Å². The van der Waals surface area contributed by atoms with Crippen LogP contribution < -0.4 is 21.3 Å². The normalized spacial score (nSPS) is 11.5. The number of benzene rings is 9. The van der Waals surface area contributed by atoms with E-state index >= 15 is 0 Å². The lowest BCUT2D eigenvalue weighted by Gasteiger charge is -2.29. The van der Waals surface area contributed by atoms with Crippen molar-refractivity contribution in [2.45, 2.75) is 0 Å². The summed E-state index contributed by atoms with van der Waals surface area (Å²) in [6, 6.07) is 66.4. The predicted octanol–water partition coefficient (Wildman–Crippen LogP) is 9.72. The van der Waals surface area contributed by atoms with E-state index in [-0.39, 0.29) is 6.71 Å². The zero-order valence-corrected chi connectivity index (χ0v) is 25.3. The molecule has 0 spiro atoms. The zero-order chi connectivity index (χ0) is 30.5. The lowest BCUT2D eigenvalue weighted by molar-refractivity contribution is 1.30. The Morgan fingerprint density at radius 2 is 0.804 bits per heavy atom. The van der Waals surface area contributed by atoms with Crippen LogP contribution in [-0.4, -0.2) is 6.71 Å². The quantitative estimate of drug-likeness (QED) is 0.107. The van der Waals surface area contributed by atoms with Crippen molar-refractivity contribution in [3.63, 3.8) is 0 Å². The Morgan fingerprint density at radius 3 is 1.41 bits per heavy atom. The van der Waals surface area contributed by atoms with Crippen molar-refractivity contribution in [2.24, 2.45) is 0 Å². The fraction of sp³-hybridized carbons (Fsp3) is 0. The standard InChI is InChI=1S/C44H30BN/c1-5-15-32(16-6-1)45(33-17-7-2-8-18-33)40-29-28-38-36-23-13-14-24-37(36)44-41(30-26-31-25-27-39(40)43(38)42(31)44)46(34-19-9-3-10-20-34)35-21-11-4-12-22-35/h1-30H. The van der Waals surface area contributed by atoms with Gasteiger partial charge in [-0.15, -0.1) is 0 Å². The summed E-state index contributed by atoms with van der Waals surface area (Å²) in [7, 11) is 0. The average Bonchev–Trinajstić information content (AvgIpc) is 3.13. The molecule has 9 aromatic carbocycles. The molecule has 46 heavy (non-hydrogen) atoms. The van der Waals surface area contributed by atoms with Gasteiger partial charge in [-0.2, -0.15) is 0 Å². The fourth-order valence-corrected chi connectivity index (χ4v) is 7.57. The van der Waals surface area contributed by atoms with E-state index in [0.29, 0.717) is 0 Å². The monoisotopic (exact) mass is 583 g/mol. The number of para-hydroxylation sites is 2. The Hall–Kier alpha value is -5.86. The van der Waals surface area contributed by atoms with Crippen molar-refractivity contribution in [3.8, 4) is 0 Å². The van der Waals surface area contributed by atoms with Crippen molar-refractivity contribution < 1.29 is 0 Å². The summed E-state index contributed by atoms with van der Waals surface area (Å²) >= 11 is 0. The molecule has 0 saturated carbocycles.